The molecule has 1 aliphatic heterocycles. The van der Waals surface area contributed by atoms with Crippen molar-refractivity contribution in [3.63, 3.8) is 0 Å². The number of benzene rings is 1. The van der Waals surface area contributed by atoms with Gasteiger partial charge in [-0.25, -0.2) is 0 Å². The van der Waals surface area contributed by atoms with E-state index in [0.717, 1.165) is 18.9 Å². The second kappa shape index (κ2) is 8.12. The van der Waals surface area contributed by atoms with Crippen molar-refractivity contribution in [1.29, 1.82) is 5.26 Å². The summed E-state index contributed by atoms with van der Waals surface area (Å²) in [6, 6.07) is 4.12. The van der Waals surface area contributed by atoms with Crippen LogP contribution < -0.4 is 10.1 Å². The molecule has 1 fully saturated rings. The number of nitro groups is 1. The first kappa shape index (κ1) is 18.2. The Morgan fingerprint density at radius 3 is 2.96 bits per heavy atom. The molecule has 0 aromatic heterocycles. The van der Waals surface area contributed by atoms with E-state index >= 15 is 0 Å². The van der Waals surface area contributed by atoms with Crippen LogP contribution in [0.1, 0.15) is 18.4 Å². The van der Waals surface area contributed by atoms with E-state index in [1.165, 1.54) is 19.3 Å². The standard InChI is InChI=1S/C16H17N3O6/c1-24-14-7-10(6-13(15(14)20)19(22)23)5-11(8-17)16(21)18-9-12-3-2-4-25-12/h5-7,12,20H,2-4,9H2,1H3,(H,18,21)/b11-5+/t12-/m0/s1. The number of hydrogen-bond donors (Lipinski definition) is 2. The van der Waals surface area contributed by atoms with Gasteiger partial charge in [0.05, 0.1) is 18.1 Å². The predicted octanol–water partition coefficient (Wildman–Crippen LogP) is 1.51. The molecular weight excluding hydrogens is 330 g/mol. The van der Waals surface area contributed by atoms with Crippen LogP contribution in [-0.2, 0) is 9.53 Å². The van der Waals surface area contributed by atoms with Gasteiger partial charge >= 0.3 is 5.69 Å². The number of nitro benzene ring substituents is 1. The molecule has 1 saturated heterocycles. The van der Waals surface area contributed by atoms with Gasteiger partial charge in [0.25, 0.3) is 5.91 Å². The number of nitrogens with zero attached hydrogens (tertiary/aromatic N) is 2. The van der Waals surface area contributed by atoms with Gasteiger partial charge in [0.15, 0.2) is 5.75 Å². The molecule has 1 amide bonds. The van der Waals surface area contributed by atoms with E-state index < -0.39 is 22.3 Å². The lowest BCUT2D eigenvalue weighted by Gasteiger charge is -2.10. The van der Waals surface area contributed by atoms with Gasteiger partial charge in [-0.2, -0.15) is 5.26 Å². The van der Waals surface area contributed by atoms with Crippen molar-refractivity contribution in [2.24, 2.45) is 0 Å². The van der Waals surface area contributed by atoms with E-state index in [4.69, 9.17) is 9.47 Å². The second-order valence-corrected chi connectivity index (χ2v) is 5.36. The maximum Gasteiger partial charge on any atom is 0.315 e. The van der Waals surface area contributed by atoms with Crippen LogP contribution in [0.25, 0.3) is 6.08 Å². The van der Waals surface area contributed by atoms with Crippen molar-refractivity contribution < 1.29 is 24.3 Å². The average Bonchev–Trinajstić information content (AvgIpc) is 3.11. The summed E-state index contributed by atoms with van der Waals surface area (Å²) in [5, 5.41) is 32.5. The largest absolute Gasteiger partial charge is 0.500 e. The monoisotopic (exact) mass is 347 g/mol. The van der Waals surface area contributed by atoms with Crippen molar-refractivity contribution in [3.8, 4) is 17.6 Å². The highest BCUT2D eigenvalue weighted by Crippen LogP contribution is 2.37. The van der Waals surface area contributed by atoms with Crippen LogP contribution in [-0.4, -0.2) is 42.3 Å². The van der Waals surface area contributed by atoms with Crippen LogP contribution in [0.4, 0.5) is 5.69 Å². The first-order valence-corrected chi connectivity index (χ1v) is 7.53. The molecule has 25 heavy (non-hydrogen) atoms. The molecule has 0 unspecified atom stereocenters. The third-order valence-corrected chi connectivity index (χ3v) is 3.68. The average molecular weight is 347 g/mol. The summed E-state index contributed by atoms with van der Waals surface area (Å²) in [6.45, 7) is 0.940. The molecule has 0 bridgehead atoms. The number of aromatic hydroxyl groups is 1. The molecule has 1 aliphatic rings. The summed E-state index contributed by atoms with van der Waals surface area (Å²) in [4.78, 5) is 22.3. The summed E-state index contributed by atoms with van der Waals surface area (Å²) >= 11 is 0. The van der Waals surface area contributed by atoms with Crippen molar-refractivity contribution in [1.82, 2.24) is 5.32 Å². The van der Waals surface area contributed by atoms with E-state index in [9.17, 15) is 25.3 Å². The molecule has 1 aromatic carbocycles. The van der Waals surface area contributed by atoms with E-state index in [0.29, 0.717) is 6.61 Å². The highest BCUT2D eigenvalue weighted by molar-refractivity contribution is 6.01. The Morgan fingerprint density at radius 1 is 1.64 bits per heavy atom. The summed E-state index contributed by atoms with van der Waals surface area (Å²) in [7, 11) is 1.24. The Hall–Kier alpha value is -3.12. The topological polar surface area (TPSA) is 135 Å². The number of amides is 1. The third-order valence-electron chi connectivity index (χ3n) is 3.68. The Labute approximate surface area is 143 Å². The number of ether oxygens (including phenoxy) is 2. The van der Waals surface area contributed by atoms with E-state index in [1.54, 1.807) is 6.07 Å². The maximum atomic E-state index is 12.1. The van der Waals surface area contributed by atoms with E-state index in [2.05, 4.69) is 5.32 Å². The Bertz CT molecular complexity index is 747. The first-order chi connectivity index (χ1) is 12.0. The lowest BCUT2D eigenvalue weighted by Crippen LogP contribution is -2.32. The molecule has 1 atom stereocenters. The molecule has 9 nitrogen and oxygen atoms in total. The maximum absolute atomic E-state index is 12.1. The van der Waals surface area contributed by atoms with Crippen LogP contribution in [0, 0.1) is 21.4 Å². The minimum atomic E-state index is -0.779. The van der Waals surface area contributed by atoms with Gasteiger partial charge in [0.1, 0.15) is 11.6 Å². The molecule has 9 heteroatoms. The molecule has 2 N–H and O–H groups in total. The zero-order valence-electron chi connectivity index (χ0n) is 13.5. The number of phenols is 1. The van der Waals surface area contributed by atoms with Crippen LogP contribution in [0.3, 0.4) is 0 Å². The zero-order valence-corrected chi connectivity index (χ0v) is 13.5. The Kier molecular flexibility index (Phi) is 5.92. The fourth-order valence-corrected chi connectivity index (χ4v) is 2.41. The molecule has 0 spiro atoms. The Balaban J connectivity index is 2.23. The Morgan fingerprint density at radius 2 is 2.40 bits per heavy atom. The molecule has 132 valence electrons. The van der Waals surface area contributed by atoms with E-state index in [-0.39, 0.29) is 29.5 Å². The summed E-state index contributed by atoms with van der Waals surface area (Å²) in [5.74, 6) is -1.35. The number of nitrogens with one attached hydrogen (secondary N) is 1. The van der Waals surface area contributed by atoms with Gasteiger partial charge in [-0.15, -0.1) is 0 Å². The second-order valence-electron chi connectivity index (χ2n) is 5.36. The molecular formula is C16H17N3O6. The van der Waals surface area contributed by atoms with Crippen LogP contribution in [0.15, 0.2) is 17.7 Å². The van der Waals surface area contributed by atoms with Gasteiger partial charge in [0.2, 0.25) is 5.75 Å². The normalized spacial score (nSPS) is 17.0. The number of phenolic OH excluding ortho intramolecular Hbond substituents is 1. The van der Waals surface area contributed by atoms with E-state index in [1.807, 2.05) is 0 Å². The fourth-order valence-electron chi connectivity index (χ4n) is 2.41. The van der Waals surface area contributed by atoms with Crippen molar-refractivity contribution in [2.75, 3.05) is 20.3 Å². The number of methoxy groups -OCH3 is 1. The number of rotatable bonds is 6. The number of nitriles is 1. The minimum absolute atomic E-state index is 0.0706. The summed E-state index contributed by atoms with van der Waals surface area (Å²) in [6.07, 6.45) is 2.89. The molecule has 0 saturated carbocycles. The van der Waals surface area contributed by atoms with Crippen molar-refractivity contribution in [2.45, 2.75) is 18.9 Å². The molecule has 2 rings (SSSR count). The number of carbonyl (C=O) groups excluding carboxylic acids is 1. The van der Waals surface area contributed by atoms with Crippen LogP contribution in [0.5, 0.6) is 11.5 Å². The SMILES string of the molecule is COc1cc(/C=C(\C#N)C(=O)NC[C@@H]2CCCO2)cc([N+](=O)[O-])c1O. The van der Waals surface area contributed by atoms with Crippen LogP contribution >= 0.6 is 0 Å². The highest BCUT2D eigenvalue weighted by Gasteiger charge is 2.21. The molecule has 0 radical (unpaired) electrons. The summed E-state index contributed by atoms with van der Waals surface area (Å²) < 4.78 is 10.3. The lowest BCUT2D eigenvalue weighted by atomic mass is 10.1. The molecule has 0 aliphatic carbocycles. The highest BCUT2D eigenvalue weighted by atomic mass is 16.6. The fraction of sp³-hybridized carbons (Fsp3) is 0.375. The lowest BCUT2D eigenvalue weighted by molar-refractivity contribution is -0.386. The zero-order chi connectivity index (χ0) is 18.4. The van der Waals surface area contributed by atoms with Crippen LogP contribution in [0.2, 0.25) is 0 Å². The van der Waals surface area contributed by atoms with Crippen molar-refractivity contribution in [3.05, 3.63) is 33.4 Å². The summed E-state index contributed by atoms with van der Waals surface area (Å²) in [5.41, 5.74) is -0.618. The molecule has 1 heterocycles. The van der Waals surface area contributed by atoms with Gasteiger partial charge in [0, 0.05) is 19.2 Å². The first-order valence-electron chi connectivity index (χ1n) is 7.53. The van der Waals surface area contributed by atoms with Gasteiger partial charge < -0.3 is 19.9 Å². The van der Waals surface area contributed by atoms with Gasteiger partial charge in [-0.05, 0) is 30.5 Å². The number of hydrogen-bond acceptors (Lipinski definition) is 7. The van der Waals surface area contributed by atoms with Gasteiger partial charge in [-0.3, -0.25) is 14.9 Å². The van der Waals surface area contributed by atoms with Gasteiger partial charge in [-0.1, -0.05) is 0 Å². The predicted molar refractivity (Wildman–Crippen MR) is 86.9 cm³/mol. The minimum Gasteiger partial charge on any atom is -0.500 e. The smallest absolute Gasteiger partial charge is 0.315 e. The third kappa shape index (κ3) is 4.45. The van der Waals surface area contributed by atoms with Crippen molar-refractivity contribution >= 4 is 17.7 Å². The molecule has 1 aromatic rings. The number of carbonyl (C=O) groups is 1. The quantitative estimate of drug-likeness (QED) is 0.344.